The van der Waals surface area contributed by atoms with Gasteiger partial charge in [-0.2, -0.15) is 10.2 Å². The number of nitrogens with zero attached hydrogens (tertiary/aromatic N) is 3. The third-order valence-electron chi connectivity index (χ3n) is 5.61. The van der Waals surface area contributed by atoms with Crippen molar-refractivity contribution < 1.29 is 9.84 Å². The number of hydrogen-bond acceptors (Lipinski definition) is 7. The predicted octanol–water partition coefficient (Wildman–Crippen LogP) is 3.21. The van der Waals surface area contributed by atoms with E-state index in [0.29, 0.717) is 35.9 Å². The molecule has 0 amide bonds. The molecule has 27 heavy (non-hydrogen) atoms. The minimum absolute atomic E-state index is 0.116. The quantitative estimate of drug-likeness (QED) is 0.703. The standard InChI is InChI=1S/C20H31N5O2/c1-3-27-17-8-6-15(7-9-17)24-19-22-13-14(12-21)18(25-19)23-16-5-4-10-20(2,26)11-16/h13,15-17,26H,3-11H2,1-2H3,(H2,22,23,24,25)/t15?,16-,17?,20-/m1/s1. The second-order valence-electron chi connectivity index (χ2n) is 8.08. The summed E-state index contributed by atoms with van der Waals surface area (Å²) >= 11 is 0. The molecular formula is C20H31N5O2. The third kappa shape index (κ3) is 5.53. The van der Waals surface area contributed by atoms with Crippen LogP contribution in [0.1, 0.15) is 70.8 Å². The highest BCUT2D eigenvalue weighted by Gasteiger charge is 2.30. The van der Waals surface area contributed by atoms with E-state index in [1.54, 1.807) is 6.20 Å². The van der Waals surface area contributed by atoms with Crippen LogP contribution in [-0.2, 0) is 4.74 Å². The van der Waals surface area contributed by atoms with Crippen LogP contribution in [0.25, 0.3) is 0 Å². The van der Waals surface area contributed by atoms with E-state index in [9.17, 15) is 10.4 Å². The maximum absolute atomic E-state index is 10.3. The highest BCUT2D eigenvalue weighted by Crippen LogP contribution is 2.30. The number of anilines is 2. The molecule has 1 heterocycles. The van der Waals surface area contributed by atoms with E-state index >= 15 is 0 Å². The van der Waals surface area contributed by atoms with Crippen molar-refractivity contribution in [2.24, 2.45) is 0 Å². The molecule has 3 rings (SSSR count). The Morgan fingerprint density at radius 2 is 2.04 bits per heavy atom. The molecule has 3 N–H and O–H groups in total. The van der Waals surface area contributed by atoms with E-state index in [4.69, 9.17) is 4.74 Å². The van der Waals surface area contributed by atoms with E-state index in [2.05, 4.69) is 26.7 Å². The fourth-order valence-corrected chi connectivity index (χ4v) is 4.22. The molecule has 7 heteroatoms. The average molecular weight is 374 g/mol. The van der Waals surface area contributed by atoms with Crippen LogP contribution in [0, 0.1) is 11.3 Å². The van der Waals surface area contributed by atoms with Crippen molar-refractivity contribution in [3.8, 4) is 6.07 Å². The van der Waals surface area contributed by atoms with Gasteiger partial charge in [-0.05, 0) is 65.2 Å². The Bertz CT molecular complexity index is 665. The first-order chi connectivity index (χ1) is 13.0. The highest BCUT2D eigenvalue weighted by atomic mass is 16.5. The minimum Gasteiger partial charge on any atom is -0.390 e. The van der Waals surface area contributed by atoms with Crippen LogP contribution in [0.5, 0.6) is 0 Å². The van der Waals surface area contributed by atoms with Crippen molar-refractivity contribution in [3.05, 3.63) is 11.8 Å². The topological polar surface area (TPSA) is 103 Å². The molecule has 1 aromatic rings. The van der Waals surface area contributed by atoms with Crippen LogP contribution >= 0.6 is 0 Å². The molecule has 0 saturated heterocycles. The van der Waals surface area contributed by atoms with E-state index in [-0.39, 0.29) is 6.04 Å². The normalized spacial score (nSPS) is 31.1. The van der Waals surface area contributed by atoms with Gasteiger partial charge >= 0.3 is 0 Å². The van der Waals surface area contributed by atoms with Crippen LogP contribution < -0.4 is 10.6 Å². The maximum Gasteiger partial charge on any atom is 0.224 e. The molecule has 148 valence electrons. The number of aliphatic hydroxyl groups is 1. The molecule has 2 aliphatic rings. The number of ether oxygens (including phenoxy) is 1. The molecule has 0 spiro atoms. The molecule has 0 bridgehead atoms. The number of nitrogens with one attached hydrogen (secondary N) is 2. The molecule has 7 nitrogen and oxygen atoms in total. The van der Waals surface area contributed by atoms with Gasteiger partial charge in [0, 0.05) is 18.7 Å². The lowest BCUT2D eigenvalue weighted by Crippen LogP contribution is -2.38. The first-order valence-corrected chi connectivity index (χ1v) is 10.1. The lowest BCUT2D eigenvalue weighted by Gasteiger charge is -2.34. The van der Waals surface area contributed by atoms with Crippen molar-refractivity contribution in [1.82, 2.24) is 9.97 Å². The molecule has 0 aliphatic heterocycles. The molecule has 2 fully saturated rings. The molecule has 0 radical (unpaired) electrons. The Labute approximate surface area is 161 Å². The summed E-state index contributed by atoms with van der Waals surface area (Å²) in [5.41, 5.74) is -0.221. The van der Waals surface area contributed by atoms with Crippen LogP contribution in [0.2, 0.25) is 0 Å². The van der Waals surface area contributed by atoms with Gasteiger partial charge in [0.2, 0.25) is 5.95 Å². The van der Waals surface area contributed by atoms with E-state index in [0.717, 1.165) is 51.6 Å². The molecule has 0 aromatic carbocycles. The summed E-state index contributed by atoms with van der Waals surface area (Å²) in [7, 11) is 0. The van der Waals surface area contributed by atoms with E-state index < -0.39 is 5.60 Å². The minimum atomic E-state index is -0.657. The van der Waals surface area contributed by atoms with Crippen molar-refractivity contribution in [2.75, 3.05) is 17.2 Å². The third-order valence-corrected chi connectivity index (χ3v) is 5.61. The summed E-state index contributed by atoms with van der Waals surface area (Å²) in [6, 6.07) is 2.61. The van der Waals surface area contributed by atoms with Gasteiger partial charge < -0.3 is 20.5 Å². The van der Waals surface area contributed by atoms with Gasteiger partial charge in [-0.1, -0.05) is 0 Å². The molecule has 2 aliphatic carbocycles. The van der Waals surface area contributed by atoms with Gasteiger partial charge in [-0.3, -0.25) is 0 Å². The molecule has 0 unspecified atom stereocenters. The first kappa shape index (κ1) is 19.8. The lowest BCUT2D eigenvalue weighted by atomic mass is 9.83. The summed E-state index contributed by atoms with van der Waals surface area (Å²) in [5.74, 6) is 1.11. The van der Waals surface area contributed by atoms with Gasteiger partial charge in [-0.25, -0.2) is 4.98 Å². The largest absolute Gasteiger partial charge is 0.390 e. The average Bonchev–Trinajstić information content (AvgIpc) is 2.63. The Balaban J connectivity index is 1.63. The second kappa shape index (κ2) is 8.85. The fraction of sp³-hybridized carbons (Fsp3) is 0.750. The Hall–Kier alpha value is -1.91. The summed E-state index contributed by atoms with van der Waals surface area (Å²) < 4.78 is 5.71. The zero-order chi connectivity index (χ0) is 19.3. The van der Waals surface area contributed by atoms with Crippen LogP contribution in [-0.4, -0.2) is 45.5 Å². The Kier molecular flexibility index (Phi) is 6.51. The number of hydrogen-bond donors (Lipinski definition) is 3. The fourth-order valence-electron chi connectivity index (χ4n) is 4.22. The SMILES string of the molecule is CCOC1CCC(Nc2ncc(C#N)c(N[C@@H]3CCC[C@@](C)(O)C3)n2)CC1. The van der Waals surface area contributed by atoms with Crippen LogP contribution in [0.15, 0.2) is 6.20 Å². The number of rotatable bonds is 6. The smallest absolute Gasteiger partial charge is 0.224 e. The second-order valence-corrected chi connectivity index (χ2v) is 8.08. The molecule has 2 atom stereocenters. The summed E-state index contributed by atoms with van der Waals surface area (Å²) in [4.78, 5) is 8.88. The van der Waals surface area contributed by atoms with Crippen molar-refractivity contribution >= 4 is 11.8 Å². The molecule has 1 aromatic heterocycles. The van der Waals surface area contributed by atoms with Crippen molar-refractivity contribution in [1.29, 1.82) is 5.26 Å². The van der Waals surface area contributed by atoms with Gasteiger partial charge in [-0.15, -0.1) is 0 Å². The monoisotopic (exact) mass is 373 g/mol. The predicted molar refractivity (Wildman–Crippen MR) is 105 cm³/mol. The van der Waals surface area contributed by atoms with Gasteiger partial charge in [0.15, 0.2) is 0 Å². The van der Waals surface area contributed by atoms with Crippen LogP contribution in [0.3, 0.4) is 0 Å². The Morgan fingerprint density at radius 3 is 2.70 bits per heavy atom. The van der Waals surface area contributed by atoms with E-state index in [1.807, 2.05) is 13.8 Å². The number of aromatic nitrogens is 2. The summed E-state index contributed by atoms with van der Waals surface area (Å²) in [6.45, 7) is 4.68. The lowest BCUT2D eigenvalue weighted by molar-refractivity contribution is 0.0182. The van der Waals surface area contributed by atoms with Crippen LogP contribution in [0.4, 0.5) is 11.8 Å². The van der Waals surface area contributed by atoms with Gasteiger partial charge in [0.25, 0.3) is 0 Å². The van der Waals surface area contributed by atoms with E-state index in [1.165, 1.54) is 0 Å². The Morgan fingerprint density at radius 1 is 1.26 bits per heavy atom. The van der Waals surface area contributed by atoms with Crippen molar-refractivity contribution in [2.45, 2.75) is 89.0 Å². The zero-order valence-corrected chi connectivity index (χ0v) is 16.4. The highest BCUT2D eigenvalue weighted by molar-refractivity contribution is 5.54. The van der Waals surface area contributed by atoms with Crippen molar-refractivity contribution in [3.63, 3.8) is 0 Å². The zero-order valence-electron chi connectivity index (χ0n) is 16.4. The van der Waals surface area contributed by atoms with Gasteiger partial charge in [0.1, 0.15) is 17.5 Å². The maximum atomic E-state index is 10.3. The summed E-state index contributed by atoms with van der Waals surface area (Å²) in [5, 5.41) is 26.5. The number of nitriles is 1. The van der Waals surface area contributed by atoms with Gasteiger partial charge in [0.05, 0.1) is 17.9 Å². The molecule has 2 saturated carbocycles. The summed E-state index contributed by atoms with van der Waals surface area (Å²) in [6.07, 6.45) is 9.50. The first-order valence-electron chi connectivity index (χ1n) is 10.1. The molecular weight excluding hydrogens is 342 g/mol.